The number of hydrogen-bond acceptors (Lipinski definition) is 3. The van der Waals surface area contributed by atoms with Crippen molar-refractivity contribution >= 4 is 5.78 Å². The second-order valence-corrected chi connectivity index (χ2v) is 6.50. The standard InChI is InChI=1S/C16H29NO2/c1-12(2)17-10-6-7-14(17)11-19-16-9-5-4-8-15(16)13(3)18/h12,14-16H,4-11H2,1-3H3/t14-,15?,16?/m0/s1. The summed E-state index contributed by atoms with van der Waals surface area (Å²) in [5.41, 5.74) is 0. The van der Waals surface area contributed by atoms with E-state index in [2.05, 4.69) is 18.7 Å². The summed E-state index contributed by atoms with van der Waals surface area (Å²) in [5.74, 6) is 0.472. The first-order valence-corrected chi connectivity index (χ1v) is 7.97. The molecule has 1 saturated heterocycles. The summed E-state index contributed by atoms with van der Waals surface area (Å²) in [4.78, 5) is 14.2. The van der Waals surface area contributed by atoms with Crippen LogP contribution in [0.4, 0.5) is 0 Å². The molecular weight excluding hydrogens is 238 g/mol. The fourth-order valence-electron chi connectivity index (χ4n) is 3.71. The summed E-state index contributed by atoms with van der Waals surface area (Å²) in [6, 6.07) is 1.17. The molecule has 0 amide bonds. The average Bonchev–Trinajstić information content (AvgIpc) is 2.85. The number of carbonyl (C=O) groups excluding carboxylic acids is 1. The van der Waals surface area contributed by atoms with Crippen LogP contribution < -0.4 is 0 Å². The molecule has 0 radical (unpaired) electrons. The summed E-state index contributed by atoms with van der Waals surface area (Å²) >= 11 is 0. The number of ether oxygens (including phenoxy) is 1. The van der Waals surface area contributed by atoms with Crippen LogP contribution >= 0.6 is 0 Å². The van der Waals surface area contributed by atoms with Crippen molar-refractivity contribution in [3.8, 4) is 0 Å². The van der Waals surface area contributed by atoms with Crippen LogP contribution in [0.5, 0.6) is 0 Å². The number of Topliss-reactive ketones (excluding diaryl/α,β-unsaturated/α-hetero) is 1. The SMILES string of the molecule is CC(=O)C1CCCCC1OC[C@@H]1CCCN1C(C)C. The highest BCUT2D eigenvalue weighted by Crippen LogP contribution is 2.29. The van der Waals surface area contributed by atoms with Gasteiger partial charge in [-0.15, -0.1) is 0 Å². The molecule has 1 saturated carbocycles. The average molecular weight is 267 g/mol. The summed E-state index contributed by atoms with van der Waals surface area (Å²) in [6.07, 6.45) is 7.21. The normalized spacial score (nSPS) is 32.9. The van der Waals surface area contributed by atoms with Crippen LogP contribution in [0.3, 0.4) is 0 Å². The summed E-state index contributed by atoms with van der Waals surface area (Å²) < 4.78 is 6.16. The lowest BCUT2D eigenvalue weighted by Crippen LogP contribution is -2.41. The van der Waals surface area contributed by atoms with E-state index in [1.807, 2.05) is 0 Å². The molecule has 0 aromatic carbocycles. The minimum atomic E-state index is 0.155. The van der Waals surface area contributed by atoms with E-state index in [0.29, 0.717) is 17.9 Å². The second-order valence-electron chi connectivity index (χ2n) is 6.50. The molecule has 1 aliphatic heterocycles. The van der Waals surface area contributed by atoms with Gasteiger partial charge in [-0.3, -0.25) is 9.69 Å². The van der Waals surface area contributed by atoms with Gasteiger partial charge in [0, 0.05) is 18.0 Å². The molecule has 0 aromatic heterocycles. The first-order chi connectivity index (χ1) is 9.09. The number of nitrogens with zero attached hydrogens (tertiary/aromatic N) is 1. The predicted molar refractivity (Wildman–Crippen MR) is 77.2 cm³/mol. The summed E-state index contributed by atoms with van der Waals surface area (Å²) in [5, 5.41) is 0. The van der Waals surface area contributed by atoms with Gasteiger partial charge in [-0.2, -0.15) is 0 Å². The van der Waals surface area contributed by atoms with Gasteiger partial charge >= 0.3 is 0 Å². The van der Waals surface area contributed by atoms with Gasteiger partial charge in [-0.05, 0) is 53.0 Å². The molecule has 0 N–H and O–H groups in total. The molecule has 1 aliphatic carbocycles. The van der Waals surface area contributed by atoms with Gasteiger partial charge < -0.3 is 4.74 Å². The largest absolute Gasteiger partial charge is 0.376 e. The molecule has 1 heterocycles. The first kappa shape index (κ1) is 15.0. The van der Waals surface area contributed by atoms with Crippen LogP contribution in [0, 0.1) is 5.92 Å². The third-order valence-corrected chi connectivity index (χ3v) is 4.81. The lowest BCUT2D eigenvalue weighted by atomic mass is 9.84. The Morgan fingerprint density at radius 1 is 1.21 bits per heavy atom. The van der Waals surface area contributed by atoms with E-state index >= 15 is 0 Å². The van der Waals surface area contributed by atoms with Gasteiger partial charge in [0.05, 0.1) is 12.7 Å². The zero-order valence-electron chi connectivity index (χ0n) is 12.7. The van der Waals surface area contributed by atoms with Crippen LogP contribution in [0.25, 0.3) is 0 Å². The van der Waals surface area contributed by atoms with E-state index < -0.39 is 0 Å². The van der Waals surface area contributed by atoms with Crippen molar-refractivity contribution in [3.05, 3.63) is 0 Å². The molecule has 3 nitrogen and oxygen atoms in total. The lowest BCUT2D eigenvalue weighted by molar-refractivity contribution is -0.129. The number of carbonyl (C=O) groups is 1. The van der Waals surface area contributed by atoms with Gasteiger partial charge in [-0.25, -0.2) is 0 Å². The first-order valence-electron chi connectivity index (χ1n) is 7.97. The van der Waals surface area contributed by atoms with Crippen LogP contribution in [0.15, 0.2) is 0 Å². The smallest absolute Gasteiger partial charge is 0.135 e. The molecule has 3 heteroatoms. The zero-order chi connectivity index (χ0) is 13.8. The third-order valence-electron chi connectivity index (χ3n) is 4.81. The van der Waals surface area contributed by atoms with Crippen molar-refractivity contribution in [1.82, 2.24) is 4.90 Å². The predicted octanol–water partition coefficient (Wildman–Crippen LogP) is 3.02. The highest BCUT2D eigenvalue weighted by molar-refractivity contribution is 5.78. The summed E-state index contributed by atoms with van der Waals surface area (Å²) in [6.45, 7) is 8.26. The van der Waals surface area contributed by atoms with Crippen molar-refractivity contribution in [2.75, 3.05) is 13.2 Å². The Hall–Kier alpha value is -0.410. The maximum atomic E-state index is 11.7. The Kier molecular flexibility index (Phi) is 5.40. The quantitative estimate of drug-likeness (QED) is 0.767. The molecule has 2 unspecified atom stereocenters. The molecule has 3 atom stereocenters. The van der Waals surface area contributed by atoms with E-state index in [0.717, 1.165) is 19.4 Å². The number of hydrogen-bond donors (Lipinski definition) is 0. The number of ketones is 1. The Morgan fingerprint density at radius 3 is 2.63 bits per heavy atom. The summed E-state index contributed by atoms with van der Waals surface area (Å²) in [7, 11) is 0. The minimum absolute atomic E-state index is 0.155. The van der Waals surface area contributed by atoms with Crippen LogP contribution in [0.2, 0.25) is 0 Å². The monoisotopic (exact) mass is 267 g/mol. The van der Waals surface area contributed by atoms with Crippen LogP contribution in [-0.4, -0.2) is 42.0 Å². The molecule has 110 valence electrons. The van der Waals surface area contributed by atoms with Crippen molar-refractivity contribution in [1.29, 1.82) is 0 Å². The zero-order valence-corrected chi connectivity index (χ0v) is 12.7. The Labute approximate surface area is 117 Å². The van der Waals surface area contributed by atoms with Crippen molar-refractivity contribution in [2.45, 2.75) is 77.5 Å². The third kappa shape index (κ3) is 3.79. The Balaban J connectivity index is 1.84. The van der Waals surface area contributed by atoms with Gasteiger partial charge in [0.25, 0.3) is 0 Å². The maximum absolute atomic E-state index is 11.7. The van der Waals surface area contributed by atoms with E-state index in [1.165, 1.54) is 32.2 Å². The molecule has 0 bridgehead atoms. The Bertz CT molecular complexity index is 303. The van der Waals surface area contributed by atoms with Crippen molar-refractivity contribution in [2.24, 2.45) is 5.92 Å². The van der Waals surface area contributed by atoms with Gasteiger partial charge in [0.15, 0.2) is 0 Å². The van der Waals surface area contributed by atoms with Gasteiger partial charge in [0.2, 0.25) is 0 Å². The number of rotatable bonds is 5. The van der Waals surface area contributed by atoms with E-state index in [9.17, 15) is 4.79 Å². The number of likely N-dealkylation sites (tertiary alicyclic amines) is 1. The van der Waals surface area contributed by atoms with Gasteiger partial charge in [-0.1, -0.05) is 12.8 Å². The van der Waals surface area contributed by atoms with E-state index in [-0.39, 0.29) is 12.0 Å². The van der Waals surface area contributed by atoms with Crippen LogP contribution in [0.1, 0.15) is 59.3 Å². The fourth-order valence-corrected chi connectivity index (χ4v) is 3.71. The van der Waals surface area contributed by atoms with Crippen molar-refractivity contribution < 1.29 is 9.53 Å². The molecule has 2 fully saturated rings. The van der Waals surface area contributed by atoms with Crippen LogP contribution in [-0.2, 0) is 9.53 Å². The highest BCUT2D eigenvalue weighted by Gasteiger charge is 2.32. The molecule has 2 rings (SSSR count). The molecule has 2 aliphatic rings. The lowest BCUT2D eigenvalue weighted by Gasteiger charge is -2.33. The maximum Gasteiger partial charge on any atom is 0.135 e. The van der Waals surface area contributed by atoms with Crippen molar-refractivity contribution in [3.63, 3.8) is 0 Å². The second kappa shape index (κ2) is 6.85. The molecule has 0 spiro atoms. The fraction of sp³-hybridized carbons (Fsp3) is 0.938. The topological polar surface area (TPSA) is 29.5 Å². The van der Waals surface area contributed by atoms with Gasteiger partial charge in [0.1, 0.15) is 5.78 Å². The molecule has 19 heavy (non-hydrogen) atoms. The van der Waals surface area contributed by atoms with E-state index in [1.54, 1.807) is 6.92 Å². The Morgan fingerprint density at radius 2 is 1.95 bits per heavy atom. The highest BCUT2D eigenvalue weighted by atomic mass is 16.5. The molecule has 0 aromatic rings. The minimum Gasteiger partial charge on any atom is -0.376 e. The van der Waals surface area contributed by atoms with E-state index in [4.69, 9.17) is 4.74 Å². The molecular formula is C16H29NO2.